The average Bonchev–Trinajstić information content (AvgIpc) is 2.51. The van der Waals surface area contributed by atoms with Crippen LogP contribution in [0.15, 0.2) is 30.3 Å². The number of ether oxygens (including phenoxy) is 1. The molecule has 1 heterocycles. The highest BCUT2D eigenvalue weighted by Gasteiger charge is 2.47. The molecule has 3 atom stereocenters. The van der Waals surface area contributed by atoms with Crippen LogP contribution < -0.4 is 5.32 Å². The third kappa shape index (κ3) is 2.64. The van der Waals surface area contributed by atoms with E-state index in [-0.39, 0.29) is 0 Å². The molecule has 2 aliphatic rings. The summed E-state index contributed by atoms with van der Waals surface area (Å²) < 4.78 is 5.92. The van der Waals surface area contributed by atoms with Gasteiger partial charge >= 0.3 is 0 Å². The monoisotopic (exact) mass is 273 g/mol. The van der Waals surface area contributed by atoms with Gasteiger partial charge in [-0.05, 0) is 50.3 Å². The highest BCUT2D eigenvalue weighted by molar-refractivity contribution is 5.17. The first-order valence-electron chi connectivity index (χ1n) is 8.12. The van der Waals surface area contributed by atoms with Gasteiger partial charge in [0.15, 0.2) is 0 Å². The molecular weight excluding hydrogens is 246 g/mol. The molecule has 0 amide bonds. The predicted molar refractivity (Wildman–Crippen MR) is 82.8 cm³/mol. The molecule has 1 saturated heterocycles. The van der Waals surface area contributed by atoms with Crippen LogP contribution in [0.25, 0.3) is 0 Å². The van der Waals surface area contributed by atoms with Crippen molar-refractivity contribution in [3.05, 3.63) is 35.9 Å². The van der Waals surface area contributed by atoms with Crippen molar-refractivity contribution in [1.29, 1.82) is 0 Å². The van der Waals surface area contributed by atoms with E-state index in [0.717, 1.165) is 13.1 Å². The molecule has 3 unspecified atom stereocenters. The lowest BCUT2D eigenvalue weighted by Gasteiger charge is -2.51. The van der Waals surface area contributed by atoms with Gasteiger partial charge in [-0.1, -0.05) is 43.2 Å². The van der Waals surface area contributed by atoms with Crippen molar-refractivity contribution in [1.82, 2.24) is 5.32 Å². The summed E-state index contributed by atoms with van der Waals surface area (Å²) in [6.45, 7) is 2.31. The second kappa shape index (κ2) is 6.28. The topological polar surface area (TPSA) is 21.3 Å². The first kappa shape index (κ1) is 14.1. The molecule has 0 bridgehead atoms. The van der Waals surface area contributed by atoms with Gasteiger partial charge in [0.2, 0.25) is 0 Å². The fourth-order valence-electron chi connectivity index (χ4n) is 4.52. The second-order valence-corrected chi connectivity index (χ2v) is 6.54. The molecule has 2 heteroatoms. The molecule has 0 aromatic heterocycles. The van der Waals surface area contributed by atoms with Crippen LogP contribution in [0.4, 0.5) is 0 Å². The van der Waals surface area contributed by atoms with Gasteiger partial charge in [-0.2, -0.15) is 0 Å². The molecular formula is C18H27NO. The molecule has 1 aliphatic carbocycles. The predicted octanol–water partition coefficient (Wildman–Crippen LogP) is 3.41. The number of piperidine rings is 1. The van der Waals surface area contributed by atoms with E-state index in [4.69, 9.17) is 4.74 Å². The van der Waals surface area contributed by atoms with E-state index >= 15 is 0 Å². The van der Waals surface area contributed by atoms with E-state index in [1.807, 2.05) is 7.11 Å². The zero-order chi connectivity index (χ0) is 13.8. The fraction of sp³-hybridized carbons (Fsp3) is 0.667. The lowest BCUT2D eigenvalue weighted by molar-refractivity contribution is -0.0912. The number of benzene rings is 1. The maximum atomic E-state index is 5.92. The Labute approximate surface area is 122 Å². The molecule has 1 aromatic carbocycles. The Hall–Kier alpha value is -0.860. The average molecular weight is 273 g/mol. The summed E-state index contributed by atoms with van der Waals surface area (Å²) in [5.41, 5.74) is 1.88. The Bertz CT molecular complexity index is 413. The summed E-state index contributed by atoms with van der Waals surface area (Å²) in [5.74, 6) is 0.712. The lowest BCUT2D eigenvalue weighted by Crippen LogP contribution is -2.54. The second-order valence-electron chi connectivity index (χ2n) is 6.54. The van der Waals surface area contributed by atoms with Gasteiger partial charge in [0, 0.05) is 12.5 Å². The largest absolute Gasteiger partial charge is 0.381 e. The van der Waals surface area contributed by atoms with Crippen molar-refractivity contribution in [2.45, 2.75) is 44.6 Å². The van der Waals surface area contributed by atoms with Crippen LogP contribution in [0.2, 0.25) is 0 Å². The van der Waals surface area contributed by atoms with Crippen molar-refractivity contribution < 1.29 is 4.74 Å². The molecule has 1 N–H and O–H groups in total. The van der Waals surface area contributed by atoms with Crippen LogP contribution in [0.1, 0.15) is 37.7 Å². The van der Waals surface area contributed by atoms with Crippen LogP contribution in [-0.4, -0.2) is 26.3 Å². The van der Waals surface area contributed by atoms with Crippen molar-refractivity contribution in [3.63, 3.8) is 0 Å². The van der Waals surface area contributed by atoms with E-state index in [0.29, 0.717) is 17.4 Å². The Balaban J connectivity index is 1.82. The van der Waals surface area contributed by atoms with Crippen molar-refractivity contribution >= 4 is 0 Å². The van der Waals surface area contributed by atoms with Crippen molar-refractivity contribution in [2.75, 3.05) is 20.2 Å². The first-order valence-corrected chi connectivity index (χ1v) is 8.12. The van der Waals surface area contributed by atoms with Crippen molar-refractivity contribution in [3.8, 4) is 0 Å². The van der Waals surface area contributed by atoms with E-state index < -0.39 is 0 Å². The minimum atomic E-state index is 0.411. The summed E-state index contributed by atoms with van der Waals surface area (Å²) in [6, 6.07) is 11.0. The van der Waals surface area contributed by atoms with Gasteiger partial charge in [0.25, 0.3) is 0 Å². The zero-order valence-electron chi connectivity index (χ0n) is 12.6. The number of hydrogen-bond donors (Lipinski definition) is 1. The van der Waals surface area contributed by atoms with Gasteiger partial charge in [-0.25, -0.2) is 0 Å². The number of hydrogen-bond acceptors (Lipinski definition) is 2. The molecule has 1 aliphatic heterocycles. The number of rotatable bonds is 3. The van der Waals surface area contributed by atoms with Gasteiger partial charge in [0.05, 0.1) is 6.10 Å². The fourth-order valence-corrected chi connectivity index (χ4v) is 4.52. The van der Waals surface area contributed by atoms with E-state index in [9.17, 15) is 0 Å². The summed E-state index contributed by atoms with van der Waals surface area (Å²) >= 11 is 0. The first-order chi connectivity index (χ1) is 9.85. The molecule has 1 saturated carbocycles. The Morgan fingerprint density at radius 2 is 2.05 bits per heavy atom. The van der Waals surface area contributed by atoms with E-state index in [2.05, 4.69) is 35.6 Å². The third-order valence-electron chi connectivity index (χ3n) is 5.58. The molecule has 0 radical (unpaired) electrons. The van der Waals surface area contributed by atoms with Crippen LogP contribution in [0, 0.1) is 11.3 Å². The van der Waals surface area contributed by atoms with Gasteiger partial charge in [0.1, 0.15) is 0 Å². The maximum absolute atomic E-state index is 5.92. The minimum Gasteiger partial charge on any atom is -0.381 e. The summed E-state index contributed by atoms with van der Waals surface area (Å²) in [7, 11) is 1.92. The van der Waals surface area contributed by atoms with Gasteiger partial charge in [-0.3, -0.25) is 0 Å². The molecule has 3 rings (SSSR count). The van der Waals surface area contributed by atoms with Crippen molar-refractivity contribution in [2.24, 2.45) is 11.3 Å². The quantitative estimate of drug-likeness (QED) is 0.911. The molecule has 110 valence electrons. The Kier molecular flexibility index (Phi) is 4.42. The molecule has 20 heavy (non-hydrogen) atoms. The van der Waals surface area contributed by atoms with Gasteiger partial charge in [-0.15, -0.1) is 0 Å². The number of nitrogens with one attached hydrogen (secondary N) is 1. The summed E-state index contributed by atoms with van der Waals surface area (Å²) in [6.07, 6.45) is 8.26. The Morgan fingerprint density at radius 1 is 1.20 bits per heavy atom. The Morgan fingerprint density at radius 3 is 2.85 bits per heavy atom. The van der Waals surface area contributed by atoms with Crippen LogP contribution >= 0.6 is 0 Å². The van der Waals surface area contributed by atoms with E-state index in [1.165, 1.54) is 44.1 Å². The standard InChI is InChI=1S/C18H27NO/c1-20-17-9-5-6-10-18(17)11-12-19-14-16(18)13-15-7-3-2-4-8-15/h2-4,7-8,16-17,19H,5-6,9-14H2,1H3. The molecule has 2 nitrogen and oxygen atoms in total. The third-order valence-corrected chi connectivity index (χ3v) is 5.58. The SMILES string of the molecule is COC1CCCCC12CCNCC2Cc1ccccc1. The smallest absolute Gasteiger partial charge is 0.0631 e. The molecule has 1 spiro atoms. The number of methoxy groups -OCH3 is 1. The summed E-state index contributed by atoms with van der Waals surface area (Å²) in [5, 5.41) is 3.62. The lowest BCUT2D eigenvalue weighted by atomic mass is 9.59. The minimum absolute atomic E-state index is 0.411. The highest BCUT2D eigenvalue weighted by atomic mass is 16.5. The maximum Gasteiger partial charge on any atom is 0.0631 e. The zero-order valence-corrected chi connectivity index (χ0v) is 12.6. The normalized spacial score (nSPS) is 34.2. The van der Waals surface area contributed by atoms with Crippen LogP contribution in [-0.2, 0) is 11.2 Å². The molecule has 2 fully saturated rings. The van der Waals surface area contributed by atoms with E-state index in [1.54, 1.807) is 0 Å². The highest BCUT2D eigenvalue weighted by Crippen LogP contribution is 2.49. The molecule has 1 aromatic rings. The summed E-state index contributed by atoms with van der Waals surface area (Å²) in [4.78, 5) is 0. The van der Waals surface area contributed by atoms with Crippen LogP contribution in [0.5, 0.6) is 0 Å². The van der Waals surface area contributed by atoms with Gasteiger partial charge < -0.3 is 10.1 Å². The van der Waals surface area contributed by atoms with Crippen LogP contribution in [0.3, 0.4) is 0 Å².